The van der Waals surface area contributed by atoms with Crippen molar-refractivity contribution in [3.8, 4) is 0 Å². The number of hydrogen-bond acceptors (Lipinski definition) is 4. The van der Waals surface area contributed by atoms with E-state index >= 15 is 0 Å². The number of nitrogens with zero attached hydrogens (tertiary/aromatic N) is 2. The van der Waals surface area contributed by atoms with Gasteiger partial charge in [-0.2, -0.15) is 4.98 Å². The molecule has 0 aliphatic heterocycles. The van der Waals surface area contributed by atoms with Crippen LogP contribution < -0.4 is 16.3 Å². The summed E-state index contributed by atoms with van der Waals surface area (Å²) >= 11 is 0. The highest BCUT2D eigenvalue weighted by atomic mass is 16.2. The molecule has 1 amide bonds. The number of anilines is 1. The molecule has 25 heavy (non-hydrogen) atoms. The molecule has 136 valence electrons. The number of hydrogen-bond donors (Lipinski definition) is 2. The van der Waals surface area contributed by atoms with E-state index in [-0.39, 0.29) is 18.5 Å². The van der Waals surface area contributed by atoms with Gasteiger partial charge in [-0.05, 0) is 37.8 Å². The summed E-state index contributed by atoms with van der Waals surface area (Å²) in [5.74, 6) is 0.979. The number of nitrogens with one attached hydrogen (secondary N) is 2. The Hall–Kier alpha value is -2.37. The minimum Gasteiger partial charge on any atom is -0.369 e. The molecule has 0 fully saturated rings. The highest BCUT2D eigenvalue weighted by Gasteiger charge is 2.13. The van der Waals surface area contributed by atoms with Crippen LogP contribution >= 0.6 is 0 Å². The van der Waals surface area contributed by atoms with Crippen molar-refractivity contribution in [2.24, 2.45) is 5.92 Å². The van der Waals surface area contributed by atoms with E-state index in [4.69, 9.17) is 0 Å². The Kier molecular flexibility index (Phi) is 6.56. The predicted molar refractivity (Wildman–Crippen MR) is 102 cm³/mol. The summed E-state index contributed by atoms with van der Waals surface area (Å²) in [6.07, 6.45) is 1.84. The van der Waals surface area contributed by atoms with Gasteiger partial charge in [0.15, 0.2) is 0 Å². The van der Waals surface area contributed by atoms with E-state index in [1.165, 1.54) is 4.57 Å². The van der Waals surface area contributed by atoms with Gasteiger partial charge in [-0.3, -0.25) is 9.36 Å². The summed E-state index contributed by atoms with van der Waals surface area (Å²) in [4.78, 5) is 28.8. The molecular formula is C19H28N4O2. The van der Waals surface area contributed by atoms with Gasteiger partial charge in [-0.1, -0.05) is 32.9 Å². The molecule has 0 saturated carbocycles. The second kappa shape index (κ2) is 8.65. The number of aromatic nitrogens is 2. The normalized spacial score (nSPS) is 12.4. The lowest BCUT2D eigenvalue weighted by atomic mass is 10.1. The lowest BCUT2D eigenvalue weighted by Crippen LogP contribution is -2.38. The first-order valence-corrected chi connectivity index (χ1v) is 8.95. The highest BCUT2D eigenvalue weighted by Crippen LogP contribution is 2.19. The van der Waals surface area contributed by atoms with Gasteiger partial charge in [-0.15, -0.1) is 0 Å². The van der Waals surface area contributed by atoms with E-state index in [2.05, 4.69) is 29.5 Å². The van der Waals surface area contributed by atoms with Gasteiger partial charge in [0.2, 0.25) is 5.91 Å². The third kappa shape index (κ3) is 5.05. The fourth-order valence-electron chi connectivity index (χ4n) is 2.56. The molecule has 6 nitrogen and oxygen atoms in total. The van der Waals surface area contributed by atoms with E-state index in [0.29, 0.717) is 17.3 Å². The van der Waals surface area contributed by atoms with Gasteiger partial charge < -0.3 is 10.6 Å². The number of carbonyl (C=O) groups is 1. The smallest absolute Gasteiger partial charge is 0.350 e. The third-order valence-corrected chi connectivity index (χ3v) is 4.22. The van der Waals surface area contributed by atoms with Gasteiger partial charge in [0.05, 0.1) is 5.52 Å². The molecule has 2 aromatic rings. The van der Waals surface area contributed by atoms with E-state index < -0.39 is 5.69 Å². The van der Waals surface area contributed by atoms with Gasteiger partial charge in [0.1, 0.15) is 12.4 Å². The zero-order chi connectivity index (χ0) is 18.4. The Morgan fingerprint density at radius 1 is 1.24 bits per heavy atom. The minimum absolute atomic E-state index is 0.0248. The summed E-state index contributed by atoms with van der Waals surface area (Å²) in [5, 5.41) is 7.00. The van der Waals surface area contributed by atoms with Crippen LogP contribution in [-0.2, 0) is 11.3 Å². The lowest BCUT2D eigenvalue weighted by Gasteiger charge is -2.15. The van der Waals surface area contributed by atoms with Crippen LogP contribution in [0.1, 0.15) is 40.5 Å². The Bertz CT molecular complexity index is 783. The Morgan fingerprint density at radius 2 is 1.96 bits per heavy atom. The molecule has 0 spiro atoms. The molecule has 6 heteroatoms. The maximum Gasteiger partial charge on any atom is 0.350 e. The molecule has 1 heterocycles. The fourth-order valence-corrected chi connectivity index (χ4v) is 2.56. The van der Waals surface area contributed by atoms with Crippen LogP contribution in [0.5, 0.6) is 0 Å². The van der Waals surface area contributed by atoms with Crippen molar-refractivity contribution in [1.82, 2.24) is 14.9 Å². The maximum atomic E-state index is 12.5. The Morgan fingerprint density at radius 3 is 2.64 bits per heavy atom. The van der Waals surface area contributed by atoms with Crippen molar-refractivity contribution in [3.05, 3.63) is 34.7 Å². The summed E-state index contributed by atoms with van der Waals surface area (Å²) in [6, 6.07) is 7.62. The predicted octanol–water partition coefficient (Wildman–Crippen LogP) is 2.77. The SMILES string of the molecule is CC[C@@H](C)NC(=O)Cn1c(=O)nc(NCCC(C)C)c2ccccc21. The van der Waals surface area contributed by atoms with E-state index in [1.807, 2.05) is 38.1 Å². The first-order chi connectivity index (χ1) is 11.9. The highest BCUT2D eigenvalue weighted by molar-refractivity contribution is 5.90. The van der Waals surface area contributed by atoms with Gasteiger partial charge in [0.25, 0.3) is 0 Å². The van der Waals surface area contributed by atoms with Crippen molar-refractivity contribution >= 4 is 22.6 Å². The van der Waals surface area contributed by atoms with Crippen LogP contribution in [0.25, 0.3) is 10.9 Å². The topological polar surface area (TPSA) is 76.0 Å². The number of benzene rings is 1. The fraction of sp³-hybridized carbons (Fsp3) is 0.526. The molecule has 0 bridgehead atoms. The monoisotopic (exact) mass is 344 g/mol. The Balaban J connectivity index is 2.31. The molecule has 1 aromatic heterocycles. The molecular weight excluding hydrogens is 316 g/mol. The maximum absolute atomic E-state index is 12.5. The molecule has 0 unspecified atom stereocenters. The van der Waals surface area contributed by atoms with Crippen LogP contribution in [0.4, 0.5) is 5.82 Å². The van der Waals surface area contributed by atoms with E-state index in [1.54, 1.807) is 0 Å². The van der Waals surface area contributed by atoms with Crippen molar-refractivity contribution in [2.45, 2.75) is 53.1 Å². The first-order valence-electron chi connectivity index (χ1n) is 8.95. The zero-order valence-electron chi connectivity index (χ0n) is 15.5. The van der Waals surface area contributed by atoms with Crippen molar-refractivity contribution < 1.29 is 4.79 Å². The van der Waals surface area contributed by atoms with Crippen LogP contribution in [0.3, 0.4) is 0 Å². The number of para-hydroxylation sites is 1. The molecule has 2 rings (SSSR count). The molecule has 0 saturated heterocycles. The number of rotatable bonds is 8. The van der Waals surface area contributed by atoms with E-state index in [9.17, 15) is 9.59 Å². The molecule has 0 radical (unpaired) electrons. The summed E-state index contributed by atoms with van der Waals surface area (Å²) in [6.45, 7) is 8.99. The molecule has 1 atom stereocenters. The van der Waals surface area contributed by atoms with E-state index in [0.717, 1.165) is 24.8 Å². The Labute approximate surface area is 148 Å². The van der Waals surface area contributed by atoms with Crippen molar-refractivity contribution in [1.29, 1.82) is 0 Å². The molecule has 1 aromatic carbocycles. The van der Waals surface area contributed by atoms with Gasteiger partial charge in [-0.25, -0.2) is 4.79 Å². The third-order valence-electron chi connectivity index (χ3n) is 4.22. The first kappa shape index (κ1) is 19.0. The molecule has 2 N–H and O–H groups in total. The van der Waals surface area contributed by atoms with Crippen LogP contribution in [0, 0.1) is 5.92 Å². The molecule has 0 aliphatic carbocycles. The van der Waals surface area contributed by atoms with Crippen LogP contribution in [0.15, 0.2) is 29.1 Å². The number of carbonyl (C=O) groups excluding carboxylic acids is 1. The lowest BCUT2D eigenvalue weighted by molar-refractivity contribution is -0.122. The van der Waals surface area contributed by atoms with Gasteiger partial charge >= 0.3 is 5.69 Å². The zero-order valence-corrected chi connectivity index (χ0v) is 15.5. The number of fused-ring (bicyclic) bond motifs is 1. The largest absolute Gasteiger partial charge is 0.369 e. The summed E-state index contributed by atoms with van der Waals surface area (Å²) < 4.78 is 1.43. The summed E-state index contributed by atoms with van der Waals surface area (Å²) in [7, 11) is 0. The second-order valence-electron chi connectivity index (χ2n) is 6.83. The number of amides is 1. The standard InChI is InChI=1S/C19H28N4O2/c1-5-14(4)21-17(24)12-23-16-9-7-6-8-15(16)18(22-19(23)25)20-11-10-13(2)3/h6-9,13-14H,5,10-12H2,1-4H3,(H,21,24)(H,20,22,25)/t14-/m1/s1. The van der Waals surface area contributed by atoms with Crippen LogP contribution in [0.2, 0.25) is 0 Å². The van der Waals surface area contributed by atoms with Crippen molar-refractivity contribution in [2.75, 3.05) is 11.9 Å². The van der Waals surface area contributed by atoms with Gasteiger partial charge in [0, 0.05) is 18.0 Å². The van der Waals surface area contributed by atoms with Crippen LogP contribution in [-0.4, -0.2) is 28.0 Å². The summed E-state index contributed by atoms with van der Waals surface area (Å²) in [5.41, 5.74) is 0.305. The average molecular weight is 344 g/mol. The second-order valence-corrected chi connectivity index (χ2v) is 6.83. The molecule has 0 aliphatic rings. The van der Waals surface area contributed by atoms with Crippen molar-refractivity contribution in [3.63, 3.8) is 0 Å². The quantitative estimate of drug-likeness (QED) is 0.772. The minimum atomic E-state index is -0.412. The average Bonchev–Trinajstić information content (AvgIpc) is 2.57.